The number of amides is 2. The summed E-state index contributed by atoms with van der Waals surface area (Å²) < 4.78 is 0. The number of carbonyl (C=O) groups excluding carboxylic acids is 3. The fourth-order valence-corrected chi connectivity index (χ4v) is 3.82. The van der Waals surface area contributed by atoms with Gasteiger partial charge in [0.1, 0.15) is 5.76 Å². The number of hydrogen-bond acceptors (Lipinski definition) is 7. The lowest BCUT2D eigenvalue weighted by Crippen LogP contribution is -2.29. The molecule has 1 saturated heterocycles. The van der Waals surface area contributed by atoms with Crippen LogP contribution in [-0.2, 0) is 14.4 Å². The maximum Gasteiger partial charge on any atom is 0.300 e. The number of benzene rings is 2. The highest BCUT2D eigenvalue weighted by Crippen LogP contribution is 2.42. The van der Waals surface area contributed by atoms with E-state index in [0.29, 0.717) is 16.9 Å². The number of nitro groups is 1. The number of non-ortho nitro benzene ring substituents is 1. The molecule has 1 aliphatic heterocycles. The number of pyridine rings is 1. The van der Waals surface area contributed by atoms with Crippen molar-refractivity contribution in [3.63, 3.8) is 0 Å². The fraction of sp³-hybridized carbons (Fsp3) is 0.0833. The standard InChI is InChI=1S/C24H18N4O6/c1-14(29)26-17-5-3-6-18(13-17)27-21(15-8-10-25-11-9-15)20(23(31)24(27)32)22(30)16-4-2-7-19(12-16)28(33)34/h2-13,21,30H,1H3,(H,26,29)/b22-20-. The summed E-state index contributed by atoms with van der Waals surface area (Å²) in [6.07, 6.45) is 2.97. The van der Waals surface area contributed by atoms with Gasteiger partial charge in [0, 0.05) is 48.4 Å². The Hall–Kier alpha value is -4.86. The number of nitro benzene ring substituents is 1. The van der Waals surface area contributed by atoms with E-state index >= 15 is 0 Å². The SMILES string of the molecule is CC(=O)Nc1cccc(N2C(=O)C(=O)/C(=C(\O)c3cccc([N+](=O)[O-])c3)C2c2ccncc2)c1. The molecule has 1 aromatic heterocycles. The fourth-order valence-electron chi connectivity index (χ4n) is 3.82. The predicted molar refractivity (Wildman–Crippen MR) is 123 cm³/mol. The summed E-state index contributed by atoms with van der Waals surface area (Å²) >= 11 is 0. The number of Topliss-reactive ketones (excluding diaryl/α,β-unsaturated/α-hetero) is 1. The van der Waals surface area contributed by atoms with E-state index in [9.17, 15) is 29.6 Å². The van der Waals surface area contributed by atoms with E-state index in [1.807, 2.05) is 0 Å². The molecule has 0 saturated carbocycles. The van der Waals surface area contributed by atoms with Crippen molar-refractivity contribution in [1.82, 2.24) is 4.98 Å². The van der Waals surface area contributed by atoms with Gasteiger partial charge in [-0.3, -0.25) is 34.4 Å². The van der Waals surface area contributed by atoms with Crippen LogP contribution in [0.4, 0.5) is 17.1 Å². The lowest BCUT2D eigenvalue weighted by Gasteiger charge is -2.25. The zero-order valence-electron chi connectivity index (χ0n) is 17.8. The Morgan fingerprint density at radius 1 is 1.09 bits per heavy atom. The van der Waals surface area contributed by atoms with Crippen molar-refractivity contribution in [3.05, 3.63) is 99.9 Å². The first kappa shape index (κ1) is 22.3. The molecule has 2 aromatic carbocycles. The Balaban J connectivity index is 1.91. The topological polar surface area (TPSA) is 143 Å². The summed E-state index contributed by atoms with van der Waals surface area (Å²) in [6, 6.07) is 13.7. The van der Waals surface area contributed by atoms with E-state index in [0.717, 1.165) is 6.07 Å². The maximum atomic E-state index is 13.2. The molecule has 2 N–H and O–H groups in total. The average Bonchev–Trinajstić information content (AvgIpc) is 3.09. The zero-order valence-corrected chi connectivity index (χ0v) is 17.8. The molecule has 1 unspecified atom stereocenters. The molecular weight excluding hydrogens is 440 g/mol. The van der Waals surface area contributed by atoms with Crippen molar-refractivity contribution in [2.75, 3.05) is 10.2 Å². The van der Waals surface area contributed by atoms with Crippen molar-refractivity contribution >= 4 is 40.4 Å². The zero-order chi connectivity index (χ0) is 24.4. The Morgan fingerprint density at radius 2 is 1.79 bits per heavy atom. The Labute approximate surface area is 193 Å². The number of carbonyl (C=O) groups is 3. The van der Waals surface area contributed by atoms with Gasteiger partial charge in [0.25, 0.3) is 17.4 Å². The van der Waals surface area contributed by atoms with Gasteiger partial charge in [-0.25, -0.2) is 0 Å². The number of aromatic nitrogens is 1. The van der Waals surface area contributed by atoms with Gasteiger partial charge in [-0.1, -0.05) is 18.2 Å². The van der Waals surface area contributed by atoms with E-state index < -0.39 is 28.4 Å². The molecule has 3 aromatic rings. The van der Waals surface area contributed by atoms with Gasteiger partial charge in [0.05, 0.1) is 16.5 Å². The van der Waals surface area contributed by atoms with Crippen molar-refractivity contribution in [2.45, 2.75) is 13.0 Å². The van der Waals surface area contributed by atoms with E-state index in [1.54, 1.807) is 30.3 Å². The molecule has 10 heteroatoms. The van der Waals surface area contributed by atoms with Crippen LogP contribution < -0.4 is 10.2 Å². The third-order valence-electron chi connectivity index (χ3n) is 5.24. The molecule has 0 bridgehead atoms. The first-order valence-corrected chi connectivity index (χ1v) is 10.1. The smallest absolute Gasteiger partial charge is 0.300 e. The third-order valence-corrected chi connectivity index (χ3v) is 5.24. The number of aliphatic hydroxyl groups is 1. The molecule has 34 heavy (non-hydrogen) atoms. The monoisotopic (exact) mass is 458 g/mol. The summed E-state index contributed by atoms with van der Waals surface area (Å²) in [5.41, 5.74) is 0.750. The summed E-state index contributed by atoms with van der Waals surface area (Å²) in [5, 5.41) is 24.9. The van der Waals surface area contributed by atoms with Gasteiger partial charge in [-0.2, -0.15) is 0 Å². The highest BCUT2D eigenvalue weighted by atomic mass is 16.6. The highest BCUT2D eigenvalue weighted by Gasteiger charge is 2.47. The minimum absolute atomic E-state index is 0.0262. The number of anilines is 2. The molecule has 4 rings (SSSR count). The Kier molecular flexibility index (Phi) is 5.88. The number of ketones is 1. The quantitative estimate of drug-likeness (QED) is 0.196. The maximum absolute atomic E-state index is 13.2. The van der Waals surface area contributed by atoms with Gasteiger partial charge >= 0.3 is 0 Å². The summed E-state index contributed by atoms with van der Waals surface area (Å²) in [7, 11) is 0. The number of aliphatic hydroxyl groups excluding tert-OH is 1. The summed E-state index contributed by atoms with van der Waals surface area (Å²) in [5.74, 6) is -2.69. The lowest BCUT2D eigenvalue weighted by atomic mass is 9.95. The van der Waals surface area contributed by atoms with Crippen LogP contribution in [0.15, 0.2) is 78.6 Å². The van der Waals surface area contributed by atoms with Crippen LogP contribution in [0.3, 0.4) is 0 Å². The number of hydrogen-bond donors (Lipinski definition) is 2. The van der Waals surface area contributed by atoms with E-state index in [2.05, 4.69) is 10.3 Å². The first-order valence-electron chi connectivity index (χ1n) is 10.1. The van der Waals surface area contributed by atoms with E-state index in [1.165, 1.54) is 48.5 Å². The molecule has 2 heterocycles. The van der Waals surface area contributed by atoms with Gasteiger partial charge in [-0.05, 0) is 35.9 Å². The van der Waals surface area contributed by atoms with Crippen molar-refractivity contribution in [2.24, 2.45) is 0 Å². The first-order chi connectivity index (χ1) is 16.3. The second-order valence-corrected chi connectivity index (χ2v) is 7.49. The van der Waals surface area contributed by atoms with Crippen LogP contribution in [0.25, 0.3) is 5.76 Å². The number of nitrogens with zero attached hydrogens (tertiary/aromatic N) is 3. The van der Waals surface area contributed by atoms with Gasteiger partial charge in [0.15, 0.2) is 0 Å². The minimum Gasteiger partial charge on any atom is -0.507 e. The number of rotatable bonds is 5. The molecular formula is C24H18N4O6. The van der Waals surface area contributed by atoms with Crippen LogP contribution in [0.1, 0.15) is 24.1 Å². The Morgan fingerprint density at radius 3 is 2.47 bits per heavy atom. The molecule has 1 aliphatic rings. The summed E-state index contributed by atoms with van der Waals surface area (Å²) in [6.45, 7) is 1.34. The second-order valence-electron chi connectivity index (χ2n) is 7.49. The predicted octanol–water partition coefficient (Wildman–Crippen LogP) is 3.57. The molecule has 2 amide bonds. The summed E-state index contributed by atoms with van der Waals surface area (Å²) in [4.78, 5) is 53.5. The highest BCUT2D eigenvalue weighted by molar-refractivity contribution is 6.51. The van der Waals surface area contributed by atoms with Gasteiger partial charge < -0.3 is 10.4 Å². The number of nitrogens with one attached hydrogen (secondary N) is 1. The van der Waals surface area contributed by atoms with Crippen LogP contribution in [-0.4, -0.2) is 32.6 Å². The largest absolute Gasteiger partial charge is 0.507 e. The normalized spacial score (nSPS) is 17.0. The van der Waals surface area contributed by atoms with Gasteiger partial charge in [0.2, 0.25) is 5.91 Å². The minimum atomic E-state index is -1.03. The molecule has 170 valence electrons. The van der Waals surface area contributed by atoms with Crippen molar-refractivity contribution < 1.29 is 24.4 Å². The second kappa shape index (κ2) is 8.94. The van der Waals surface area contributed by atoms with Gasteiger partial charge in [-0.15, -0.1) is 0 Å². The lowest BCUT2D eigenvalue weighted by molar-refractivity contribution is -0.384. The third kappa shape index (κ3) is 4.11. The van der Waals surface area contributed by atoms with E-state index in [-0.39, 0.29) is 22.7 Å². The molecule has 1 atom stereocenters. The van der Waals surface area contributed by atoms with Crippen LogP contribution in [0, 0.1) is 10.1 Å². The average molecular weight is 458 g/mol. The van der Waals surface area contributed by atoms with E-state index in [4.69, 9.17) is 0 Å². The molecule has 0 aliphatic carbocycles. The van der Waals surface area contributed by atoms with Crippen LogP contribution in [0.5, 0.6) is 0 Å². The van der Waals surface area contributed by atoms with Crippen molar-refractivity contribution in [1.29, 1.82) is 0 Å². The molecule has 1 fully saturated rings. The molecule has 0 spiro atoms. The van der Waals surface area contributed by atoms with Crippen LogP contribution >= 0.6 is 0 Å². The van der Waals surface area contributed by atoms with Crippen molar-refractivity contribution in [3.8, 4) is 0 Å². The Bertz CT molecular complexity index is 1350. The van der Waals surface area contributed by atoms with Crippen LogP contribution in [0.2, 0.25) is 0 Å². The molecule has 10 nitrogen and oxygen atoms in total. The molecule has 0 radical (unpaired) electrons.